The highest BCUT2D eigenvalue weighted by Gasteiger charge is 2.20. The van der Waals surface area contributed by atoms with Crippen molar-refractivity contribution in [2.24, 2.45) is 0 Å². The van der Waals surface area contributed by atoms with Crippen LogP contribution in [-0.2, 0) is 9.53 Å². The summed E-state index contributed by atoms with van der Waals surface area (Å²) in [5.41, 5.74) is 0.638. The zero-order valence-electron chi connectivity index (χ0n) is 15.8. The van der Waals surface area contributed by atoms with E-state index in [2.05, 4.69) is 10.5 Å². The highest BCUT2D eigenvalue weighted by Crippen LogP contribution is 2.18. The van der Waals surface area contributed by atoms with Gasteiger partial charge in [0.2, 0.25) is 0 Å². The molecule has 0 atom stereocenters. The minimum atomic E-state index is -0.783. The molecule has 0 bridgehead atoms. The number of esters is 1. The van der Waals surface area contributed by atoms with Gasteiger partial charge in [0.1, 0.15) is 11.5 Å². The number of rotatable bonds is 7. The molecule has 0 spiro atoms. The second-order valence-electron chi connectivity index (χ2n) is 6.05. The van der Waals surface area contributed by atoms with Gasteiger partial charge >= 0.3 is 5.97 Å². The minimum Gasteiger partial charge on any atom is -0.497 e. The average molecular weight is 394 g/mol. The first-order valence-corrected chi connectivity index (χ1v) is 8.66. The van der Waals surface area contributed by atoms with Gasteiger partial charge in [-0.25, -0.2) is 4.79 Å². The standard InChI is InChI=1S/C21H18N2O6/c1-13-11-18(23-29-13)22-19(24)12-28-21(26)17-6-4-3-5-16(17)20(25)14-7-9-15(27-2)10-8-14/h3-11H,12H2,1-2H3,(H,22,23,24). The molecular weight excluding hydrogens is 376 g/mol. The Morgan fingerprint density at radius 1 is 1.03 bits per heavy atom. The molecule has 0 saturated carbocycles. The predicted octanol–water partition coefficient (Wildman–Crippen LogP) is 3.02. The van der Waals surface area contributed by atoms with E-state index in [-0.39, 0.29) is 22.7 Å². The van der Waals surface area contributed by atoms with Crippen LogP contribution in [0.5, 0.6) is 5.75 Å². The molecule has 3 aromatic rings. The molecule has 29 heavy (non-hydrogen) atoms. The molecule has 0 aliphatic heterocycles. The van der Waals surface area contributed by atoms with Crippen molar-refractivity contribution in [2.75, 3.05) is 19.0 Å². The fourth-order valence-electron chi connectivity index (χ4n) is 2.57. The topological polar surface area (TPSA) is 108 Å². The Kier molecular flexibility index (Phi) is 6.03. The largest absolute Gasteiger partial charge is 0.497 e. The Bertz CT molecular complexity index is 1040. The van der Waals surface area contributed by atoms with Crippen molar-refractivity contribution < 1.29 is 28.4 Å². The highest BCUT2D eigenvalue weighted by atomic mass is 16.5. The molecule has 8 nitrogen and oxygen atoms in total. The van der Waals surface area contributed by atoms with E-state index in [0.717, 1.165) is 0 Å². The summed E-state index contributed by atoms with van der Waals surface area (Å²) >= 11 is 0. The zero-order valence-corrected chi connectivity index (χ0v) is 15.8. The number of carbonyl (C=O) groups is 3. The summed E-state index contributed by atoms with van der Waals surface area (Å²) in [5, 5.41) is 6.07. The van der Waals surface area contributed by atoms with Crippen molar-refractivity contribution in [3.05, 3.63) is 77.0 Å². The van der Waals surface area contributed by atoms with Crippen LogP contribution < -0.4 is 10.1 Å². The number of aryl methyl sites for hydroxylation is 1. The molecule has 2 aromatic carbocycles. The lowest BCUT2D eigenvalue weighted by molar-refractivity contribution is -0.119. The molecular formula is C21H18N2O6. The summed E-state index contributed by atoms with van der Waals surface area (Å²) in [6, 6.07) is 14.3. The SMILES string of the molecule is COc1ccc(C(=O)c2ccccc2C(=O)OCC(=O)Nc2cc(C)on2)cc1. The van der Waals surface area contributed by atoms with E-state index < -0.39 is 18.5 Å². The Morgan fingerprint density at radius 2 is 1.72 bits per heavy atom. The zero-order chi connectivity index (χ0) is 20.8. The van der Waals surface area contributed by atoms with E-state index in [4.69, 9.17) is 14.0 Å². The maximum Gasteiger partial charge on any atom is 0.339 e. The number of nitrogens with zero attached hydrogens (tertiary/aromatic N) is 1. The first-order chi connectivity index (χ1) is 14.0. The van der Waals surface area contributed by atoms with Gasteiger partial charge in [0, 0.05) is 17.2 Å². The summed E-state index contributed by atoms with van der Waals surface area (Å²) in [6.45, 7) is 1.15. The number of nitrogens with one attached hydrogen (secondary N) is 1. The van der Waals surface area contributed by atoms with Crippen LogP contribution in [0, 0.1) is 6.92 Å². The van der Waals surface area contributed by atoms with Crippen LogP contribution in [0.1, 0.15) is 32.0 Å². The first-order valence-electron chi connectivity index (χ1n) is 8.66. The van der Waals surface area contributed by atoms with Crippen molar-refractivity contribution in [3.8, 4) is 5.75 Å². The maximum absolute atomic E-state index is 12.8. The van der Waals surface area contributed by atoms with Gasteiger partial charge < -0.3 is 19.3 Å². The lowest BCUT2D eigenvalue weighted by Gasteiger charge is -2.09. The molecule has 0 fully saturated rings. The Morgan fingerprint density at radius 3 is 2.34 bits per heavy atom. The monoisotopic (exact) mass is 394 g/mol. The number of anilines is 1. The number of hydrogen-bond donors (Lipinski definition) is 1. The van der Waals surface area contributed by atoms with Crippen molar-refractivity contribution in [1.29, 1.82) is 0 Å². The van der Waals surface area contributed by atoms with Crippen LogP contribution in [-0.4, -0.2) is 36.5 Å². The molecule has 0 aliphatic rings. The third-order valence-electron chi connectivity index (χ3n) is 3.97. The Balaban J connectivity index is 1.69. The molecule has 0 unspecified atom stereocenters. The van der Waals surface area contributed by atoms with Crippen LogP contribution in [0.15, 0.2) is 59.1 Å². The summed E-state index contributed by atoms with van der Waals surface area (Å²) in [7, 11) is 1.53. The van der Waals surface area contributed by atoms with Crippen molar-refractivity contribution >= 4 is 23.5 Å². The van der Waals surface area contributed by atoms with Crippen LogP contribution in [0.4, 0.5) is 5.82 Å². The van der Waals surface area contributed by atoms with Gasteiger partial charge in [-0.1, -0.05) is 23.4 Å². The fourth-order valence-corrected chi connectivity index (χ4v) is 2.57. The first kappa shape index (κ1) is 19.8. The van der Waals surface area contributed by atoms with Crippen LogP contribution >= 0.6 is 0 Å². The number of methoxy groups -OCH3 is 1. The molecule has 3 rings (SSSR count). The van der Waals surface area contributed by atoms with Gasteiger partial charge in [-0.3, -0.25) is 9.59 Å². The summed E-state index contributed by atoms with van der Waals surface area (Å²) in [4.78, 5) is 37.2. The molecule has 1 N–H and O–H groups in total. The van der Waals surface area contributed by atoms with Gasteiger partial charge in [0.25, 0.3) is 5.91 Å². The summed E-state index contributed by atoms with van der Waals surface area (Å²) in [6.07, 6.45) is 0. The van der Waals surface area contributed by atoms with E-state index >= 15 is 0 Å². The molecule has 0 aliphatic carbocycles. The van der Waals surface area contributed by atoms with Gasteiger partial charge in [-0.05, 0) is 37.3 Å². The number of carbonyl (C=O) groups excluding carboxylic acids is 3. The van der Waals surface area contributed by atoms with E-state index in [9.17, 15) is 14.4 Å². The van der Waals surface area contributed by atoms with E-state index in [0.29, 0.717) is 17.1 Å². The quantitative estimate of drug-likeness (QED) is 0.485. The van der Waals surface area contributed by atoms with Gasteiger partial charge in [0.15, 0.2) is 18.2 Å². The smallest absolute Gasteiger partial charge is 0.339 e. The average Bonchev–Trinajstić information content (AvgIpc) is 3.16. The minimum absolute atomic E-state index is 0.0680. The molecule has 0 saturated heterocycles. The lowest BCUT2D eigenvalue weighted by atomic mass is 9.98. The lowest BCUT2D eigenvalue weighted by Crippen LogP contribution is -2.22. The van der Waals surface area contributed by atoms with Crippen molar-refractivity contribution in [3.63, 3.8) is 0 Å². The number of benzene rings is 2. The number of ether oxygens (including phenoxy) is 2. The summed E-state index contributed by atoms with van der Waals surface area (Å²) < 4.78 is 15.0. The molecule has 148 valence electrons. The Hall–Kier alpha value is -3.94. The highest BCUT2D eigenvalue weighted by molar-refractivity contribution is 6.14. The summed E-state index contributed by atoms with van der Waals surface area (Å²) in [5.74, 6) is -0.341. The maximum atomic E-state index is 12.8. The number of aromatic nitrogens is 1. The fraction of sp³-hybridized carbons (Fsp3) is 0.143. The van der Waals surface area contributed by atoms with Gasteiger partial charge in [-0.15, -0.1) is 0 Å². The van der Waals surface area contributed by atoms with Crippen LogP contribution in [0.2, 0.25) is 0 Å². The van der Waals surface area contributed by atoms with E-state index in [1.54, 1.807) is 43.3 Å². The van der Waals surface area contributed by atoms with E-state index in [1.807, 2.05) is 0 Å². The molecule has 8 heteroatoms. The number of amides is 1. The number of hydrogen-bond acceptors (Lipinski definition) is 7. The van der Waals surface area contributed by atoms with Gasteiger partial charge in [0.05, 0.1) is 12.7 Å². The van der Waals surface area contributed by atoms with Crippen molar-refractivity contribution in [2.45, 2.75) is 6.92 Å². The predicted molar refractivity (Wildman–Crippen MR) is 103 cm³/mol. The second kappa shape index (κ2) is 8.83. The molecule has 1 amide bonds. The van der Waals surface area contributed by atoms with E-state index in [1.165, 1.54) is 25.3 Å². The normalized spacial score (nSPS) is 10.3. The third kappa shape index (κ3) is 4.86. The van der Waals surface area contributed by atoms with Crippen LogP contribution in [0.25, 0.3) is 0 Å². The van der Waals surface area contributed by atoms with Crippen molar-refractivity contribution in [1.82, 2.24) is 5.16 Å². The molecule has 1 heterocycles. The van der Waals surface area contributed by atoms with Gasteiger partial charge in [-0.2, -0.15) is 0 Å². The third-order valence-corrected chi connectivity index (χ3v) is 3.97. The number of ketones is 1. The van der Waals surface area contributed by atoms with Crippen LogP contribution in [0.3, 0.4) is 0 Å². The molecule has 0 radical (unpaired) electrons. The molecule has 1 aromatic heterocycles. The second-order valence-corrected chi connectivity index (χ2v) is 6.05. The Labute approximate surface area is 166 Å².